The Kier molecular flexibility index (Phi) is 7.74. The molecule has 0 bridgehead atoms. The number of hydrogen-bond acceptors (Lipinski definition) is 7. The number of nitrogens with one attached hydrogen (secondary N) is 2. The van der Waals surface area contributed by atoms with E-state index in [1.807, 2.05) is 4.90 Å². The summed E-state index contributed by atoms with van der Waals surface area (Å²) >= 11 is 0. The zero-order valence-corrected chi connectivity index (χ0v) is 20.0. The van der Waals surface area contributed by atoms with Gasteiger partial charge in [0.1, 0.15) is 17.8 Å². The van der Waals surface area contributed by atoms with Gasteiger partial charge >= 0.3 is 0 Å². The van der Waals surface area contributed by atoms with Crippen LogP contribution in [0.15, 0.2) is 30.6 Å². The first kappa shape index (κ1) is 24.1. The molecule has 1 aromatic heterocycles. The number of piperidine rings is 1. The predicted molar refractivity (Wildman–Crippen MR) is 129 cm³/mol. The van der Waals surface area contributed by atoms with E-state index in [-0.39, 0.29) is 30.1 Å². The molecule has 2 amide bonds. The molecule has 3 N–H and O–H groups in total. The average Bonchev–Trinajstić information content (AvgIpc) is 2.83. The maximum atomic E-state index is 12.6. The number of fused-ring (bicyclic) bond motifs is 1. The van der Waals surface area contributed by atoms with Gasteiger partial charge in [0.2, 0.25) is 5.91 Å². The van der Waals surface area contributed by atoms with E-state index in [1.54, 1.807) is 13.0 Å². The summed E-state index contributed by atoms with van der Waals surface area (Å²) in [7, 11) is 0. The lowest BCUT2D eigenvalue weighted by Crippen LogP contribution is -2.42. The molecule has 3 heterocycles. The van der Waals surface area contributed by atoms with E-state index in [0.29, 0.717) is 25.5 Å². The van der Waals surface area contributed by atoms with Crippen LogP contribution in [-0.4, -0.2) is 81.6 Å². The van der Waals surface area contributed by atoms with Crippen molar-refractivity contribution in [2.24, 2.45) is 0 Å². The minimum Gasteiger partial charge on any atom is -0.390 e. The summed E-state index contributed by atoms with van der Waals surface area (Å²) in [6.45, 7) is 7.49. The van der Waals surface area contributed by atoms with Crippen molar-refractivity contribution in [1.29, 1.82) is 0 Å². The molecule has 2 aliphatic rings. The fourth-order valence-corrected chi connectivity index (χ4v) is 4.67. The first-order valence-electron chi connectivity index (χ1n) is 12.0. The molecule has 0 aliphatic carbocycles. The predicted octanol–water partition coefficient (Wildman–Crippen LogP) is 1.36. The highest BCUT2D eigenvalue weighted by Gasteiger charge is 2.22. The van der Waals surface area contributed by atoms with Gasteiger partial charge in [0.15, 0.2) is 0 Å². The van der Waals surface area contributed by atoms with Crippen LogP contribution in [0.5, 0.6) is 0 Å². The number of aliphatic hydroxyl groups is 1. The van der Waals surface area contributed by atoms with Crippen LogP contribution in [0.3, 0.4) is 0 Å². The molecule has 9 nitrogen and oxygen atoms in total. The summed E-state index contributed by atoms with van der Waals surface area (Å²) in [5.41, 5.74) is 4.22. The molecule has 4 rings (SSSR count). The van der Waals surface area contributed by atoms with E-state index in [2.05, 4.69) is 50.6 Å². The van der Waals surface area contributed by atoms with Crippen LogP contribution in [-0.2, 0) is 17.8 Å². The summed E-state index contributed by atoms with van der Waals surface area (Å²) < 4.78 is 0. The molecule has 34 heavy (non-hydrogen) atoms. The summed E-state index contributed by atoms with van der Waals surface area (Å²) in [4.78, 5) is 36.5. The van der Waals surface area contributed by atoms with Crippen LogP contribution < -0.4 is 10.6 Å². The Morgan fingerprint density at radius 2 is 1.94 bits per heavy atom. The summed E-state index contributed by atoms with van der Waals surface area (Å²) in [6, 6.07) is 8.35. The van der Waals surface area contributed by atoms with Gasteiger partial charge in [-0.15, -0.1) is 0 Å². The number of amides is 2. The minimum atomic E-state index is -0.665. The van der Waals surface area contributed by atoms with Crippen LogP contribution in [0.1, 0.15) is 46.9 Å². The smallest absolute Gasteiger partial charge is 0.270 e. The number of benzene rings is 1. The maximum absolute atomic E-state index is 12.6. The van der Waals surface area contributed by atoms with Crippen molar-refractivity contribution in [1.82, 2.24) is 25.1 Å². The van der Waals surface area contributed by atoms with E-state index in [4.69, 9.17) is 0 Å². The van der Waals surface area contributed by atoms with E-state index in [9.17, 15) is 14.7 Å². The Bertz CT molecular complexity index is 1020. The largest absolute Gasteiger partial charge is 0.390 e. The number of β-amino-alcohol motifs (C(OH)–C–C–N with tert-alkyl or cyclic N) is 1. The van der Waals surface area contributed by atoms with Crippen LogP contribution in [0, 0.1) is 6.92 Å². The fourth-order valence-electron chi connectivity index (χ4n) is 4.67. The van der Waals surface area contributed by atoms with Crippen molar-refractivity contribution in [3.05, 3.63) is 53.0 Å². The van der Waals surface area contributed by atoms with Crippen LogP contribution in [0.4, 0.5) is 5.82 Å². The lowest BCUT2D eigenvalue weighted by atomic mass is 9.97. The number of carbonyl (C=O) groups excluding carboxylic acids is 2. The molecule has 2 aliphatic heterocycles. The molecule has 1 aromatic carbocycles. The van der Waals surface area contributed by atoms with Crippen LogP contribution >= 0.6 is 0 Å². The van der Waals surface area contributed by atoms with Crippen molar-refractivity contribution >= 4 is 17.6 Å². The molecule has 9 heteroatoms. The highest BCUT2D eigenvalue weighted by molar-refractivity contribution is 5.92. The van der Waals surface area contributed by atoms with E-state index < -0.39 is 6.10 Å². The van der Waals surface area contributed by atoms with Gasteiger partial charge < -0.3 is 20.6 Å². The van der Waals surface area contributed by atoms with Crippen molar-refractivity contribution in [3.8, 4) is 0 Å². The number of aliphatic hydroxyl groups excluding tert-OH is 1. The Balaban J connectivity index is 1.23. The first-order valence-corrected chi connectivity index (χ1v) is 12.0. The molecule has 2 aromatic rings. The van der Waals surface area contributed by atoms with E-state index >= 15 is 0 Å². The molecule has 1 saturated heterocycles. The van der Waals surface area contributed by atoms with Gasteiger partial charge in [0.25, 0.3) is 5.91 Å². The van der Waals surface area contributed by atoms with Crippen molar-refractivity contribution < 1.29 is 14.7 Å². The third-order valence-electron chi connectivity index (χ3n) is 6.61. The van der Waals surface area contributed by atoms with Crippen molar-refractivity contribution in [2.45, 2.75) is 51.8 Å². The lowest BCUT2D eigenvalue weighted by Gasteiger charge is -2.31. The highest BCUT2D eigenvalue weighted by atomic mass is 16.3. The van der Waals surface area contributed by atoms with Gasteiger partial charge in [-0.3, -0.25) is 14.5 Å². The Hall–Kier alpha value is -3.04. The second-order valence-corrected chi connectivity index (χ2v) is 9.33. The number of carbonyl (C=O) groups is 2. The second kappa shape index (κ2) is 10.9. The third kappa shape index (κ3) is 6.30. The maximum Gasteiger partial charge on any atom is 0.270 e. The van der Waals surface area contributed by atoms with Crippen molar-refractivity contribution in [3.63, 3.8) is 0 Å². The average molecular weight is 467 g/mol. The number of hydrogen-bond donors (Lipinski definition) is 3. The van der Waals surface area contributed by atoms with Crippen LogP contribution in [0.2, 0.25) is 0 Å². The standard InChI is InChI=1S/C25H34N6O3/c1-17-3-4-20-14-30(8-5-19(20)11-17)15-22(33)13-26-25(34)23-12-24(28-16-27-23)29-21-6-9-31(10-7-21)18(2)32/h3-4,11-12,16,21-22,33H,5-10,13-15H2,1-2H3,(H,26,34)(H,27,28,29)/t22-/m0/s1. The second-order valence-electron chi connectivity index (χ2n) is 9.33. The Labute approximate surface area is 200 Å². The quantitative estimate of drug-likeness (QED) is 0.565. The molecular formula is C25H34N6O3. The number of aromatic nitrogens is 2. The van der Waals surface area contributed by atoms with Gasteiger partial charge in [-0.05, 0) is 37.3 Å². The Morgan fingerprint density at radius 1 is 1.15 bits per heavy atom. The lowest BCUT2D eigenvalue weighted by molar-refractivity contribution is -0.129. The van der Waals surface area contributed by atoms with E-state index in [1.165, 1.54) is 23.0 Å². The van der Waals surface area contributed by atoms with E-state index in [0.717, 1.165) is 32.4 Å². The molecular weight excluding hydrogens is 432 g/mol. The first-order chi connectivity index (χ1) is 16.4. The Morgan fingerprint density at radius 3 is 2.71 bits per heavy atom. The number of rotatable bonds is 7. The molecule has 0 spiro atoms. The number of aryl methyl sites for hydroxylation is 1. The highest BCUT2D eigenvalue weighted by Crippen LogP contribution is 2.20. The minimum absolute atomic E-state index is 0.0989. The molecule has 1 fully saturated rings. The van der Waals surface area contributed by atoms with Gasteiger partial charge in [-0.2, -0.15) is 0 Å². The fraction of sp³-hybridized carbons (Fsp3) is 0.520. The molecule has 0 saturated carbocycles. The number of likely N-dealkylation sites (tertiary alicyclic amines) is 1. The van der Waals surface area contributed by atoms with Gasteiger partial charge in [-0.1, -0.05) is 23.8 Å². The van der Waals surface area contributed by atoms with Gasteiger partial charge in [0, 0.05) is 58.3 Å². The van der Waals surface area contributed by atoms with Gasteiger partial charge in [0.05, 0.1) is 6.10 Å². The SMILES string of the molecule is CC(=O)N1CCC(Nc2cc(C(=O)NC[C@H](O)CN3CCc4cc(C)ccc4C3)ncn2)CC1. The summed E-state index contributed by atoms with van der Waals surface area (Å²) in [5, 5.41) is 16.6. The van der Waals surface area contributed by atoms with Crippen molar-refractivity contribution in [2.75, 3.05) is 38.0 Å². The number of nitrogens with zero attached hydrogens (tertiary/aromatic N) is 4. The normalized spacial score (nSPS) is 17.7. The summed E-state index contributed by atoms with van der Waals surface area (Å²) in [5.74, 6) is 0.348. The molecule has 0 unspecified atom stereocenters. The molecule has 182 valence electrons. The number of anilines is 1. The van der Waals surface area contributed by atoms with Gasteiger partial charge in [-0.25, -0.2) is 9.97 Å². The zero-order chi connectivity index (χ0) is 24.1. The molecule has 0 radical (unpaired) electrons. The third-order valence-corrected chi connectivity index (χ3v) is 6.61. The summed E-state index contributed by atoms with van der Waals surface area (Å²) in [6.07, 6.45) is 3.34. The van der Waals surface area contributed by atoms with Crippen LogP contribution in [0.25, 0.3) is 0 Å². The topological polar surface area (TPSA) is 111 Å². The zero-order valence-electron chi connectivity index (χ0n) is 20.0. The molecule has 1 atom stereocenters. The monoisotopic (exact) mass is 466 g/mol.